The Kier molecular flexibility index (Phi) is 4.00. The third-order valence-electron chi connectivity index (χ3n) is 3.84. The number of nitrogens with zero attached hydrogens (tertiary/aromatic N) is 1. The van der Waals surface area contributed by atoms with E-state index in [4.69, 9.17) is 6.42 Å². The van der Waals surface area contributed by atoms with Crippen molar-refractivity contribution in [3.8, 4) is 12.3 Å². The second-order valence-corrected chi connectivity index (χ2v) is 7.41. The summed E-state index contributed by atoms with van der Waals surface area (Å²) in [5.41, 5.74) is 1.04. The van der Waals surface area contributed by atoms with Crippen LogP contribution in [0.1, 0.15) is 5.56 Å². The molecule has 0 saturated heterocycles. The number of para-hydroxylation sites is 1. The Balaban J connectivity index is 2.34. The summed E-state index contributed by atoms with van der Waals surface area (Å²) in [6, 6.07) is 13.3. The van der Waals surface area contributed by atoms with Gasteiger partial charge in [0.25, 0.3) is 0 Å². The van der Waals surface area contributed by atoms with Gasteiger partial charge < -0.3 is 4.57 Å². The molecule has 0 atom stereocenters. The first-order chi connectivity index (χ1) is 11.4. The highest BCUT2D eigenvalue weighted by molar-refractivity contribution is 7.91. The molecule has 2 aromatic carbocycles. The van der Waals surface area contributed by atoms with Gasteiger partial charge in [-0.25, -0.2) is 8.42 Å². The Morgan fingerprint density at radius 1 is 1.08 bits per heavy atom. The minimum absolute atomic E-state index is 0.0905. The minimum atomic E-state index is -3.92. The van der Waals surface area contributed by atoms with E-state index in [0.717, 1.165) is 5.56 Å². The zero-order chi connectivity index (χ0) is 17.3. The SMILES string of the molecule is C#CCn1cc(S(=O)(=O)c2ccc(C)cc2)c(=O)c2ccccc21. The van der Waals surface area contributed by atoms with E-state index in [0.29, 0.717) is 10.9 Å². The summed E-state index contributed by atoms with van der Waals surface area (Å²) in [5, 5.41) is 0.334. The van der Waals surface area contributed by atoms with Crippen LogP contribution in [0.5, 0.6) is 0 Å². The van der Waals surface area contributed by atoms with Crippen LogP contribution in [0, 0.1) is 19.3 Å². The van der Waals surface area contributed by atoms with Crippen LogP contribution in [-0.4, -0.2) is 13.0 Å². The monoisotopic (exact) mass is 337 g/mol. The smallest absolute Gasteiger partial charge is 0.211 e. The van der Waals surface area contributed by atoms with E-state index in [9.17, 15) is 13.2 Å². The number of terminal acetylenes is 1. The summed E-state index contributed by atoms with van der Waals surface area (Å²) in [4.78, 5) is 12.6. The van der Waals surface area contributed by atoms with Crippen molar-refractivity contribution >= 4 is 20.7 Å². The standard InChI is InChI=1S/C19H15NO3S/c1-3-12-20-13-18(19(21)16-6-4-5-7-17(16)20)24(22,23)15-10-8-14(2)9-11-15/h1,4-11,13H,12H2,2H3. The van der Waals surface area contributed by atoms with Crippen molar-refractivity contribution in [3.05, 3.63) is 70.5 Å². The van der Waals surface area contributed by atoms with Crippen molar-refractivity contribution in [2.24, 2.45) is 0 Å². The molecule has 1 heterocycles. The molecule has 1 aromatic heterocycles. The molecule has 3 aromatic rings. The Morgan fingerprint density at radius 3 is 2.42 bits per heavy atom. The predicted molar refractivity (Wildman–Crippen MR) is 93.7 cm³/mol. The second kappa shape index (κ2) is 5.99. The van der Waals surface area contributed by atoms with Gasteiger partial charge in [0, 0.05) is 11.6 Å². The summed E-state index contributed by atoms with van der Waals surface area (Å²) in [6.07, 6.45) is 6.71. The lowest BCUT2D eigenvalue weighted by Gasteiger charge is -2.11. The number of aryl methyl sites for hydroxylation is 1. The maximum absolute atomic E-state index is 12.9. The largest absolute Gasteiger partial charge is 0.334 e. The quantitative estimate of drug-likeness (QED) is 0.691. The average molecular weight is 337 g/mol. The van der Waals surface area contributed by atoms with Crippen molar-refractivity contribution in [2.75, 3.05) is 0 Å². The van der Waals surface area contributed by atoms with E-state index in [2.05, 4.69) is 5.92 Å². The third kappa shape index (κ3) is 2.61. The highest BCUT2D eigenvalue weighted by Crippen LogP contribution is 2.21. The minimum Gasteiger partial charge on any atom is -0.334 e. The number of hydrogen-bond donors (Lipinski definition) is 0. The van der Waals surface area contributed by atoms with Gasteiger partial charge in [0.05, 0.1) is 17.0 Å². The zero-order valence-electron chi connectivity index (χ0n) is 13.1. The number of hydrogen-bond acceptors (Lipinski definition) is 3. The number of sulfone groups is 1. The molecule has 0 fully saturated rings. The van der Waals surface area contributed by atoms with Gasteiger partial charge in [-0.1, -0.05) is 35.7 Å². The molecule has 0 bridgehead atoms. The average Bonchev–Trinajstić information content (AvgIpc) is 2.58. The molecule has 5 heteroatoms. The molecular weight excluding hydrogens is 322 g/mol. The van der Waals surface area contributed by atoms with Gasteiger partial charge in [0.15, 0.2) is 0 Å². The molecule has 120 valence electrons. The van der Waals surface area contributed by atoms with Gasteiger partial charge in [-0.05, 0) is 31.2 Å². The fourth-order valence-corrected chi connectivity index (χ4v) is 3.95. The fraction of sp³-hybridized carbons (Fsp3) is 0.105. The highest BCUT2D eigenvalue weighted by Gasteiger charge is 2.23. The van der Waals surface area contributed by atoms with Crippen LogP contribution in [0.15, 0.2) is 69.3 Å². The van der Waals surface area contributed by atoms with E-state index in [1.807, 2.05) is 6.92 Å². The normalized spacial score (nSPS) is 11.3. The Morgan fingerprint density at radius 2 is 1.75 bits per heavy atom. The Bertz CT molecular complexity index is 1120. The Labute approximate surface area is 140 Å². The number of benzene rings is 2. The van der Waals surface area contributed by atoms with Gasteiger partial charge in [0.2, 0.25) is 15.3 Å². The van der Waals surface area contributed by atoms with Crippen LogP contribution in [0.2, 0.25) is 0 Å². The molecule has 0 radical (unpaired) electrons. The van der Waals surface area contributed by atoms with Crippen molar-refractivity contribution in [2.45, 2.75) is 23.3 Å². The molecule has 0 amide bonds. The van der Waals surface area contributed by atoms with Gasteiger partial charge in [-0.2, -0.15) is 0 Å². The van der Waals surface area contributed by atoms with E-state index < -0.39 is 15.3 Å². The fourth-order valence-electron chi connectivity index (χ4n) is 2.58. The molecule has 0 saturated carbocycles. The summed E-state index contributed by atoms with van der Waals surface area (Å²) in [6.45, 7) is 2.05. The first kappa shape index (κ1) is 16.0. The predicted octanol–water partition coefficient (Wildman–Crippen LogP) is 2.78. The van der Waals surface area contributed by atoms with Gasteiger partial charge in [-0.3, -0.25) is 4.79 Å². The summed E-state index contributed by atoms with van der Waals surface area (Å²) in [5.74, 6) is 2.49. The first-order valence-electron chi connectivity index (χ1n) is 7.32. The molecule has 0 aliphatic heterocycles. The Hall–Kier alpha value is -2.84. The number of rotatable bonds is 3. The van der Waals surface area contributed by atoms with Gasteiger partial charge >= 0.3 is 0 Å². The summed E-state index contributed by atoms with van der Waals surface area (Å²) < 4.78 is 27.4. The lowest BCUT2D eigenvalue weighted by Crippen LogP contribution is -2.19. The topological polar surface area (TPSA) is 56.1 Å². The maximum atomic E-state index is 12.9. The lowest BCUT2D eigenvalue weighted by molar-refractivity contribution is 0.594. The van der Waals surface area contributed by atoms with Crippen LogP contribution >= 0.6 is 0 Å². The molecule has 0 aliphatic rings. The van der Waals surface area contributed by atoms with E-state index >= 15 is 0 Å². The van der Waals surface area contributed by atoms with E-state index in [1.54, 1.807) is 41.0 Å². The van der Waals surface area contributed by atoms with E-state index in [1.165, 1.54) is 18.3 Å². The number of pyridine rings is 1. The zero-order valence-corrected chi connectivity index (χ0v) is 13.9. The molecule has 0 N–H and O–H groups in total. The molecular formula is C19H15NO3S. The maximum Gasteiger partial charge on any atom is 0.211 e. The van der Waals surface area contributed by atoms with Crippen molar-refractivity contribution in [3.63, 3.8) is 0 Å². The third-order valence-corrected chi connectivity index (χ3v) is 5.60. The van der Waals surface area contributed by atoms with Crippen LogP contribution in [0.4, 0.5) is 0 Å². The van der Waals surface area contributed by atoms with Crippen molar-refractivity contribution < 1.29 is 8.42 Å². The first-order valence-corrected chi connectivity index (χ1v) is 8.81. The van der Waals surface area contributed by atoms with Crippen LogP contribution < -0.4 is 5.43 Å². The van der Waals surface area contributed by atoms with Crippen molar-refractivity contribution in [1.82, 2.24) is 4.57 Å². The second-order valence-electron chi connectivity index (χ2n) is 5.49. The molecule has 3 rings (SSSR count). The highest BCUT2D eigenvalue weighted by atomic mass is 32.2. The number of aromatic nitrogens is 1. The molecule has 24 heavy (non-hydrogen) atoms. The molecule has 0 unspecified atom stereocenters. The van der Waals surface area contributed by atoms with Gasteiger partial charge in [0.1, 0.15) is 4.90 Å². The van der Waals surface area contributed by atoms with Crippen molar-refractivity contribution in [1.29, 1.82) is 0 Å². The summed E-state index contributed by atoms with van der Waals surface area (Å²) in [7, 11) is -3.92. The molecule has 0 aliphatic carbocycles. The summed E-state index contributed by atoms with van der Waals surface area (Å²) >= 11 is 0. The molecule has 0 spiro atoms. The van der Waals surface area contributed by atoms with Crippen LogP contribution in [0.25, 0.3) is 10.9 Å². The van der Waals surface area contributed by atoms with Crippen LogP contribution in [0.3, 0.4) is 0 Å². The molecule has 4 nitrogen and oxygen atoms in total. The van der Waals surface area contributed by atoms with Gasteiger partial charge in [-0.15, -0.1) is 6.42 Å². The van der Waals surface area contributed by atoms with Crippen LogP contribution in [-0.2, 0) is 16.4 Å². The lowest BCUT2D eigenvalue weighted by atomic mass is 10.2. The van der Waals surface area contributed by atoms with E-state index in [-0.39, 0.29) is 16.3 Å². The number of fused-ring (bicyclic) bond motifs is 1.